The number of nitrogens with zero attached hydrogens (tertiary/aromatic N) is 2. The van der Waals surface area contributed by atoms with Crippen LogP contribution >= 0.6 is 0 Å². The summed E-state index contributed by atoms with van der Waals surface area (Å²) in [6, 6.07) is 18.7. The van der Waals surface area contributed by atoms with Crippen molar-refractivity contribution in [1.82, 2.24) is 14.8 Å². The fourth-order valence-electron chi connectivity index (χ4n) is 3.48. The maximum absolute atomic E-state index is 13.1. The smallest absolute Gasteiger partial charge is 0.271 e. The average molecular weight is 377 g/mol. The zero-order valence-corrected chi connectivity index (χ0v) is 15.2. The van der Waals surface area contributed by atoms with Crippen molar-refractivity contribution in [3.8, 4) is 0 Å². The summed E-state index contributed by atoms with van der Waals surface area (Å²) >= 11 is 0. The molecule has 0 radical (unpaired) electrons. The molecule has 28 heavy (non-hydrogen) atoms. The molecule has 142 valence electrons. The number of aromatic nitrogens is 1. The van der Waals surface area contributed by atoms with Crippen LogP contribution in [-0.2, 0) is 13.1 Å². The van der Waals surface area contributed by atoms with Gasteiger partial charge in [0.15, 0.2) is 0 Å². The van der Waals surface area contributed by atoms with E-state index in [2.05, 4.69) is 5.32 Å². The summed E-state index contributed by atoms with van der Waals surface area (Å²) in [6.45, 7) is 1.39. The normalized spacial score (nSPS) is 16.0. The van der Waals surface area contributed by atoms with Crippen molar-refractivity contribution in [2.24, 2.45) is 0 Å². The SMILES string of the molecule is O=C(NCC1Cn2cccc2C(=O)N1Cc1ccccc1)c1ccc(F)cc1. The van der Waals surface area contributed by atoms with Gasteiger partial charge in [-0.25, -0.2) is 4.39 Å². The average Bonchev–Trinajstić information content (AvgIpc) is 3.19. The third-order valence-corrected chi connectivity index (χ3v) is 4.96. The Labute approximate surface area is 162 Å². The van der Waals surface area contributed by atoms with Gasteiger partial charge in [-0.3, -0.25) is 9.59 Å². The Kier molecular flexibility index (Phi) is 4.93. The van der Waals surface area contributed by atoms with Crippen LogP contribution in [0.2, 0.25) is 0 Å². The molecule has 1 atom stereocenters. The molecule has 0 spiro atoms. The Morgan fingerprint density at radius 3 is 2.54 bits per heavy atom. The zero-order chi connectivity index (χ0) is 19.5. The minimum Gasteiger partial charge on any atom is -0.350 e. The standard InChI is InChI=1S/C22H20FN3O2/c23-18-10-8-17(9-11-18)21(27)24-13-19-15-25-12-4-7-20(25)22(28)26(19)14-16-5-2-1-3-6-16/h1-12,19H,13-15H2,(H,24,27). The molecular weight excluding hydrogens is 357 g/mol. The highest BCUT2D eigenvalue weighted by molar-refractivity contribution is 5.95. The molecule has 1 aliphatic heterocycles. The first-order valence-electron chi connectivity index (χ1n) is 9.15. The lowest BCUT2D eigenvalue weighted by Gasteiger charge is -2.37. The van der Waals surface area contributed by atoms with Crippen LogP contribution in [0.15, 0.2) is 72.9 Å². The zero-order valence-electron chi connectivity index (χ0n) is 15.2. The Hall–Kier alpha value is -3.41. The first-order valence-corrected chi connectivity index (χ1v) is 9.15. The number of benzene rings is 2. The van der Waals surface area contributed by atoms with E-state index in [1.807, 2.05) is 53.2 Å². The van der Waals surface area contributed by atoms with Crippen LogP contribution in [0.4, 0.5) is 4.39 Å². The summed E-state index contributed by atoms with van der Waals surface area (Å²) < 4.78 is 15.0. The number of fused-ring (bicyclic) bond motifs is 1. The predicted octanol–water partition coefficient (Wildman–Crippen LogP) is 3.08. The maximum atomic E-state index is 13.1. The van der Waals surface area contributed by atoms with Crippen molar-refractivity contribution in [1.29, 1.82) is 0 Å². The van der Waals surface area contributed by atoms with Gasteiger partial charge in [0.25, 0.3) is 11.8 Å². The van der Waals surface area contributed by atoms with Crippen molar-refractivity contribution in [2.75, 3.05) is 6.54 Å². The summed E-state index contributed by atoms with van der Waals surface area (Å²) in [7, 11) is 0. The lowest BCUT2D eigenvalue weighted by Crippen LogP contribution is -2.52. The monoisotopic (exact) mass is 377 g/mol. The lowest BCUT2D eigenvalue weighted by molar-refractivity contribution is 0.0563. The number of amides is 2. The molecule has 1 aliphatic rings. The second-order valence-corrected chi connectivity index (χ2v) is 6.84. The van der Waals surface area contributed by atoms with Gasteiger partial charge < -0.3 is 14.8 Å². The maximum Gasteiger partial charge on any atom is 0.271 e. The Bertz CT molecular complexity index is 983. The molecule has 1 N–H and O–H groups in total. The van der Waals surface area contributed by atoms with Gasteiger partial charge in [-0.2, -0.15) is 0 Å². The number of hydrogen-bond acceptors (Lipinski definition) is 2. The Balaban J connectivity index is 1.51. The van der Waals surface area contributed by atoms with Crippen LogP contribution in [0.1, 0.15) is 26.4 Å². The van der Waals surface area contributed by atoms with Gasteiger partial charge in [0.2, 0.25) is 0 Å². The van der Waals surface area contributed by atoms with Crippen LogP contribution in [0.5, 0.6) is 0 Å². The van der Waals surface area contributed by atoms with E-state index in [9.17, 15) is 14.0 Å². The van der Waals surface area contributed by atoms with E-state index in [0.29, 0.717) is 30.9 Å². The minimum atomic E-state index is -0.386. The molecule has 0 aliphatic carbocycles. The fourth-order valence-corrected chi connectivity index (χ4v) is 3.48. The van der Waals surface area contributed by atoms with E-state index in [1.165, 1.54) is 24.3 Å². The molecule has 6 heteroatoms. The number of nitrogens with one attached hydrogen (secondary N) is 1. The third-order valence-electron chi connectivity index (χ3n) is 4.96. The molecule has 4 rings (SSSR count). The van der Waals surface area contributed by atoms with Gasteiger partial charge in [-0.1, -0.05) is 30.3 Å². The summed E-state index contributed by atoms with van der Waals surface area (Å²) in [5.41, 5.74) is 2.07. The molecule has 3 aromatic rings. The summed E-state index contributed by atoms with van der Waals surface area (Å²) in [5.74, 6) is -0.727. The van der Waals surface area contributed by atoms with Gasteiger partial charge in [-0.05, 0) is 42.0 Å². The topological polar surface area (TPSA) is 54.3 Å². The van der Waals surface area contributed by atoms with Crippen LogP contribution in [0, 0.1) is 5.82 Å². The number of carbonyl (C=O) groups excluding carboxylic acids is 2. The predicted molar refractivity (Wildman–Crippen MR) is 103 cm³/mol. The van der Waals surface area contributed by atoms with Gasteiger partial charge in [0, 0.05) is 31.4 Å². The minimum absolute atomic E-state index is 0.0545. The van der Waals surface area contributed by atoms with Crippen molar-refractivity contribution in [3.63, 3.8) is 0 Å². The van der Waals surface area contributed by atoms with Crippen molar-refractivity contribution in [3.05, 3.63) is 95.6 Å². The number of hydrogen-bond donors (Lipinski definition) is 1. The summed E-state index contributed by atoms with van der Waals surface area (Å²) in [4.78, 5) is 27.2. The molecule has 1 unspecified atom stereocenters. The highest BCUT2D eigenvalue weighted by Gasteiger charge is 2.32. The van der Waals surface area contributed by atoms with E-state index in [4.69, 9.17) is 0 Å². The molecule has 2 heterocycles. The van der Waals surface area contributed by atoms with E-state index in [-0.39, 0.29) is 23.7 Å². The molecule has 0 saturated heterocycles. The molecule has 0 fully saturated rings. The summed E-state index contributed by atoms with van der Waals surface area (Å²) in [5, 5.41) is 2.88. The van der Waals surface area contributed by atoms with Crippen molar-refractivity contribution in [2.45, 2.75) is 19.1 Å². The van der Waals surface area contributed by atoms with Gasteiger partial charge in [0.05, 0.1) is 6.04 Å². The highest BCUT2D eigenvalue weighted by atomic mass is 19.1. The summed E-state index contributed by atoms with van der Waals surface area (Å²) in [6.07, 6.45) is 1.88. The van der Waals surface area contributed by atoms with Crippen LogP contribution in [0.25, 0.3) is 0 Å². The van der Waals surface area contributed by atoms with Gasteiger partial charge in [0.1, 0.15) is 11.5 Å². The Morgan fingerprint density at radius 2 is 1.79 bits per heavy atom. The van der Waals surface area contributed by atoms with Crippen molar-refractivity contribution < 1.29 is 14.0 Å². The van der Waals surface area contributed by atoms with E-state index < -0.39 is 0 Å². The molecule has 1 aromatic heterocycles. The van der Waals surface area contributed by atoms with Crippen molar-refractivity contribution >= 4 is 11.8 Å². The second-order valence-electron chi connectivity index (χ2n) is 6.84. The van der Waals surface area contributed by atoms with E-state index in [0.717, 1.165) is 5.56 Å². The molecule has 2 amide bonds. The number of halogens is 1. The number of carbonyl (C=O) groups is 2. The second kappa shape index (κ2) is 7.68. The quantitative estimate of drug-likeness (QED) is 0.743. The van der Waals surface area contributed by atoms with Crippen LogP contribution in [-0.4, -0.2) is 33.9 Å². The van der Waals surface area contributed by atoms with Gasteiger partial charge in [-0.15, -0.1) is 0 Å². The van der Waals surface area contributed by atoms with E-state index >= 15 is 0 Å². The fraction of sp³-hybridized carbons (Fsp3) is 0.182. The van der Waals surface area contributed by atoms with Crippen LogP contribution < -0.4 is 5.32 Å². The molecule has 0 saturated carbocycles. The molecule has 0 bridgehead atoms. The molecule has 2 aromatic carbocycles. The highest BCUT2D eigenvalue weighted by Crippen LogP contribution is 2.21. The first-order chi connectivity index (χ1) is 13.6. The lowest BCUT2D eigenvalue weighted by atomic mass is 10.1. The van der Waals surface area contributed by atoms with Crippen LogP contribution in [0.3, 0.4) is 0 Å². The third kappa shape index (κ3) is 3.67. The number of rotatable bonds is 5. The molecular formula is C22H20FN3O2. The largest absolute Gasteiger partial charge is 0.350 e. The molecule has 5 nitrogen and oxygen atoms in total. The Morgan fingerprint density at radius 1 is 1.04 bits per heavy atom. The van der Waals surface area contributed by atoms with E-state index in [1.54, 1.807) is 4.90 Å². The first kappa shape index (κ1) is 18.0. The van der Waals surface area contributed by atoms with Gasteiger partial charge >= 0.3 is 0 Å².